The summed E-state index contributed by atoms with van der Waals surface area (Å²) in [6.07, 6.45) is 0. The summed E-state index contributed by atoms with van der Waals surface area (Å²) < 4.78 is 0. The Labute approximate surface area is 98.7 Å². The quantitative estimate of drug-likeness (QED) is 0.788. The van der Waals surface area contributed by atoms with Crippen molar-refractivity contribution in [3.63, 3.8) is 0 Å². The lowest BCUT2D eigenvalue weighted by atomic mass is 10.1. The van der Waals surface area contributed by atoms with Gasteiger partial charge in [0.1, 0.15) is 5.75 Å². The van der Waals surface area contributed by atoms with E-state index in [1.807, 2.05) is 0 Å². The zero-order valence-corrected chi connectivity index (χ0v) is 9.85. The van der Waals surface area contributed by atoms with Gasteiger partial charge in [0.15, 0.2) is 5.78 Å². The summed E-state index contributed by atoms with van der Waals surface area (Å²) in [6, 6.07) is 3.92. The molecule has 0 radical (unpaired) electrons. The molecule has 0 aliphatic carbocycles. The van der Waals surface area contributed by atoms with E-state index in [1.165, 1.54) is 39.0 Å². The van der Waals surface area contributed by atoms with Crippen molar-refractivity contribution in [2.24, 2.45) is 0 Å². The first kappa shape index (κ1) is 12.9. The maximum atomic E-state index is 11.4. The Balaban J connectivity index is 3.43. The van der Waals surface area contributed by atoms with Gasteiger partial charge in [0.25, 0.3) is 0 Å². The Bertz CT molecular complexity index is 479. The largest absolute Gasteiger partial charge is 0.508 e. The summed E-state index contributed by atoms with van der Waals surface area (Å²) in [5, 5.41) is 9.30. The van der Waals surface area contributed by atoms with E-state index in [0.717, 1.165) is 4.90 Å². The Kier molecular flexibility index (Phi) is 3.62. The van der Waals surface area contributed by atoms with Crippen LogP contribution in [0.1, 0.15) is 31.1 Å². The molecule has 1 N–H and O–H groups in total. The average Bonchev–Trinajstić information content (AvgIpc) is 2.19. The van der Waals surface area contributed by atoms with Crippen molar-refractivity contribution in [3.05, 3.63) is 23.8 Å². The summed E-state index contributed by atoms with van der Waals surface area (Å²) in [6.45, 7) is 3.77. The fourth-order valence-corrected chi connectivity index (χ4v) is 1.56. The van der Waals surface area contributed by atoms with E-state index in [4.69, 9.17) is 0 Å². The number of hydrogen-bond donors (Lipinski definition) is 1. The zero-order chi connectivity index (χ0) is 13.2. The second kappa shape index (κ2) is 4.78. The lowest BCUT2D eigenvalue weighted by Crippen LogP contribution is -2.34. The van der Waals surface area contributed by atoms with Gasteiger partial charge < -0.3 is 5.11 Å². The van der Waals surface area contributed by atoms with Gasteiger partial charge in [-0.25, -0.2) is 0 Å². The maximum absolute atomic E-state index is 11.4. The Hall–Kier alpha value is -2.17. The molecule has 5 nitrogen and oxygen atoms in total. The first-order chi connectivity index (χ1) is 7.84. The number of rotatable bonds is 2. The number of imide groups is 1. The molecule has 1 rings (SSSR count). The van der Waals surface area contributed by atoms with Crippen LogP contribution in [0.15, 0.2) is 18.2 Å². The molecule has 0 bridgehead atoms. The van der Waals surface area contributed by atoms with Gasteiger partial charge in [-0.3, -0.25) is 19.3 Å². The second-order valence-electron chi connectivity index (χ2n) is 3.63. The fraction of sp³-hybridized carbons (Fsp3) is 0.250. The molecule has 0 aromatic heterocycles. The van der Waals surface area contributed by atoms with Crippen LogP contribution in [-0.4, -0.2) is 22.7 Å². The minimum Gasteiger partial charge on any atom is -0.508 e. The smallest absolute Gasteiger partial charge is 0.230 e. The lowest BCUT2D eigenvalue weighted by Gasteiger charge is -2.19. The van der Waals surface area contributed by atoms with Crippen molar-refractivity contribution in [1.29, 1.82) is 0 Å². The number of carbonyl (C=O) groups is 3. The minimum atomic E-state index is -0.481. The normalized spacial score (nSPS) is 9.82. The molecule has 0 unspecified atom stereocenters. The molecule has 17 heavy (non-hydrogen) atoms. The van der Waals surface area contributed by atoms with Gasteiger partial charge in [0.2, 0.25) is 11.8 Å². The van der Waals surface area contributed by atoms with Crippen LogP contribution in [0.3, 0.4) is 0 Å². The number of phenols is 1. The number of hydrogen-bond acceptors (Lipinski definition) is 4. The molecule has 0 fully saturated rings. The topological polar surface area (TPSA) is 74.7 Å². The first-order valence-electron chi connectivity index (χ1n) is 4.99. The van der Waals surface area contributed by atoms with Gasteiger partial charge >= 0.3 is 0 Å². The molecule has 0 heterocycles. The van der Waals surface area contributed by atoms with Crippen molar-refractivity contribution in [2.45, 2.75) is 20.8 Å². The highest BCUT2D eigenvalue weighted by atomic mass is 16.3. The third kappa shape index (κ3) is 2.69. The minimum absolute atomic E-state index is 0.0917. The van der Waals surface area contributed by atoms with Crippen molar-refractivity contribution in [2.75, 3.05) is 4.90 Å². The molecule has 0 aliphatic rings. The summed E-state index contributed by atoms with van der Waals surface area (Å²) in [5.74, 6) is -1.38. The van der Waals surface area contributed by atoms with Crippen LogP contribution >= 0.6 is 0 Å². The van der Waals surface area contributed by atoms with E-state index in [9.17, 15) is 19.5 Å². The summed E-state index contributed by atoms with van der Waals surface area (Å²) >= 11 is 0. The standard InChI is InChI=1S/C12H13NO4/c1-7(14)11-6-10(17)4-5-12(11)13(8(2)15)9(3)16/h4-6,17H,1-3H3. The number of aromatic hydroxyl groups is 1. The fourth-order valence-electron chi connectivity index (χ4n) is 1.56. The molecule has 0 spiro atoms. The van der Waals surface area contributed by atoms with E-state index in [1.54, 1.807) is 0 Å². The molecule has 1 aromatic carbocycles. The summed E-state index contributed by atoms with van der Waals surface area (Å²) in [4.78, 5) is 35.1. The van der Waals surface area contributed by atoms with Crippen LogP contribution in [0.2, 0.25) is 0 Å². The van der Waals surface area contributed by atoms with Crippen LogP contribution < -0.4 is 4.90 Å². The maximum Gasteiger partial charge on any atom is 0.230 e. The highest BCUT2D eigenvalue weighted by Gasteiger charge is 2.21. The SMILES string of the molecule is CC(=O)c1cc(O)ccc1N(C(C)=O)C(C)=O. The molecule has 1 aromatic rings. The van der Waals surface area contributed by atoms with Crippen LogP contribution in [0.25, 0.3) is 0 Å². The van der Waals surface area contributed by atoms with E-state index < -0.39 is 11.8 Å². The Morgan fingerprint density at radius 1 is 1.06 bits per heavy atom. The third-order valence-electron chi connectivity index (χ3n) is 2.23. The number of ketones is 1. The van der Waals surface area contributed by atoms with Crippen molar-refractivity contribution in [3.8, 4) is 5.75 Å². The molecule has 0 saturated heterocycles. The van der Waals surface area contributed by atoms with Crippen molar-refractivity contribution < 1.29 is 19.5 Å². The molecule has 0 saturated carbocycles. The number of anilines is 1. The lowest BCUT2D eigenvalue weighted by molar-refractivity contribution is -0.124. The summed E-state index contributed by atoms with van der Waals surface area (Å²) in [5.41, 5.74) is 0.325. The molecular formula is C12H13NO4. The highest BCUT2D eigenvalue weighted by Crippen LogP contribution is 2.25. The molecule has 0 aliphatic heterocycles. The number of amides is 2. The molecule has 2 amide bonds. The van der Waals surface area contributed by atoms with E-state index >= 15 is 0 Å². The summed E-state index contributed by atoms with van der Waals surface area (Å²) in [7, 11) is 0. The van der Waals surface area contributed by atoms with Crippen LogP contribution in [0, 0.1) is 0 Å². The van der Waals surface area contributed by atoms with Crippen molar-refractivity contribution in [1.82, 2.24) is 0 Å². The molecular weight excluding hydrogens is 222 g/mol. The monoisotopic (exact) mass is 235 g/mol. The predicted molar refractivity (Wildman–Crippen MR) is 62.0 cm³/mol. The van der Waals surface area contributed by atoms with E-state index in [2.05, 4.69) is 0 Å². The van der Waals surface area contributed by atoms with Crippen LogP contribution in [0.4, 0.5) is 5.69 Å². The predicted octanol–water partition coefficient (Wildman–Crippen LogP) is 1.49. The number of carbonyl (C=O) groups excluding carboxylic acids is 3. The number of nitrogens with zero attached hydrogens (tertiary/aromatic N) is 1. The van der Waals surface area contributed by atoms with Gasteiger partial charge in [-0.2, -0.15) is 0 Å². The van der Waals surface area contributed by atoms with Gasteiger partial charge in [-0.1, -0.05) is 0 Å². The van der Waals surface area contributed by atoms with Crippen LogP contribution in [-0.2, 0) is 9.59 Å². The number of phenolic OH excluding ortho intramolecular Hbond substituents is 1. The van der Waals surface area contributed by atoms with E-state index in [-0.39, 0.29) is 22.8 Å². The van der Waals surface area contributed by atoms with Gasteiger partial charge in [-0.05, 0) is 25.1 Å². The molecule has 0 atom stereocenters. The number of benzene rings is 1. The van der Waals surface area contributed by atoms with Gasteiger partial charge in [-0.15, -0.1) is 0 Å². The van der Waals surface area contributed by atoms with Gasteiger partial charge in [0, 0.05) is 19.4 Å². The first-order valence-corrected chi connectivity index (χ1v) is 4.99. The second-order valence-corrected chi connectivity index (χ2v) is 3.63. The third-order valence-corrected chi connectivity index (χ3v) is 2.23. The van der Waals surface area contributed by atoms with Crippen LogP contribution in [0.5, 0.6) is 5.75 Å². The average molecular weight is 235 g/mol. The number of Topliss-reactive ketones (excluding diaryl/α,β-unsaturated/α-hetero) is 1. The highest BCUT2D eigenvalue weighted by molar-refractivity contribution is 6.16. The Morgan fingerprint density at radius 2 is 1.59 bits per heavy atom. The van der Waals surface area contributed by atoms with Gasteiger partial charge in [0.05, 0.1) is 5.69 Å². The Morgan fingerprint density at radius 3 is 2.00 bits per heavy atom. The van der Waals surface area contributed by atoms with E-state index in [0.29, 0.717) is 0 Å². The van der Waals surface area contributed by atoms with Crippen molar-refractivity contribution >= 4 is 23.3 Å². The zero-order valence-electron chi connectivity index (χ0n) is 9.85. The molecule has 90 valence electrons. The molecule has 5 heteroatoms.